The number of ether oxygens (including phenoxy) is 1. The number of nitrogens with zero attached hydrogens (tertiary/aromatic N) is 4. The van der Waals surface area contributed by atoms with E-state index in [-0.39, 0.29) is 0 Å². The zero-order valence-electron chi connectivity index (χ0n) is 16.3. The number of rotatable bonds is 5. The highest BCUT2D eigenvalue weighted by Crippen LogP contribution is 2.17. The van der Waals surface area contributed by atoms with Gasteiger partial charge in [0.25, 0.3) is 0 Å². The molecule has 0 amide bonds. The largest absolute Gasteiger partial charge is 0.379 e. The van der Waals surface area contributed by atoms with E-state index in [0.717, 1.165) is 70.9 Å². The van der Waals surface area contributed by atoms with Gasteiger partial charge in [-0.25, -0.2) is 0 Å². The van der Waals surface area contributed by atoms with Crippen LogP contribution in [0.1, 0.15) is 33.1 Å². The summed E-state index contributed by atoms with van der Waals surface area (Å²) in [7, 11) is 0. The van der Waals surface area contributed by atoms with Gasteiger partial charge in [-0.1, -0.05) is 6.92 Å². The Balaban J connectivity index is 1.46. The maximum Gasteiger partial charge on any atom is 0.194 e. The van der Waals surface area contributed by atoms with Crippen LogP contribution < -0.4 is 5.32 Å². The minimum Gasteiger partial charge on any atom is -0.379 e. The average Bonchev–Trinajstić information content (AvgIpc) is 3.13. The Morgan fingerprint density at radius 3 is 2.56 bits per heavy atom. The van der Waals surface area contributed by atoms with Crippen LogP contribution in [0.25, 0.3) is 0 Å². The Morgan fingerprint density at radius 2 is 1.84 bits per heavy atom. The molecule has 0 aromatic carbocycles. The number of hydrogen-bond donors (Lipinski definition) is 1. The number of hydrogen-bond acceptors (Lipinski definition) is 4. The fourth-order valence-corrected chi connectivity index (χ4v) is 4.18. The topological polar surface area (TPSA) is 43.3 Å². The molecule has 1 atom stereocenters. The molecule has 0 radical (unpaired) electrons. The summed E-state index contributed by atoms with van der Waals surface area (Å²) in [6, 6.07) is 0.663. The fraction of sp³-hybridized carbons (Fsp3) is 0.947. The van der Waals surface area contributed by atoms with E-state index in [1.54, 1.807) is 0 Å². The van der Waals surface area contributed by atoms with E-state index in [1.165, 1.54) is 32.4 Å². The summed E-state index contributed by atoms with van der Waals surface area (Å²) in [6.07, 6.45) is 3.93. The summed E-state index contributed by atoms with van der Waals surface area (Å²) in [4.78, 5) is 12.6. The SMILES string of the molecule is CCNC(=NCCN1CCC(C)CC1)N1CCC(N2CCOCC2)C1. The first-order chi connectivity index (χ1) is 12.3. The molecule has 6 nitrogen and oxygen atoms in total. The monoisotopic (exact) mass is 351 g/mol. The highest BCUT2D eigenvalue weighted by atomic mass is 16.5. The van der Waals surface area contributed by atoms with Gasteiger partial charge < -0.3 is 19.9 Å². The molecule has 1 N–H and O–H groups in total. The molecule has 3 rings (SSSR count). The van der Waals surface area contributed by atoms with Crippen molar-refractivity contribution in [2.75, 3.05) is 72.1 Å². The maximum atomic E-state index is 5.49. The van der Waals surface area contributed by atoms with Crippen molar-refractivity contribution in [2.45, 2.75) is 39.2 Å². The molecule has 3 aliphatic heterocycles. The van der Waals surface area contributed by atoms with Crippen LogP contribution in [0.3, 0.4) is 0 Å². The molecule has 25 heavy (non-hydrogen) atoms. The molecule has 3 fully saturated rings. The Labute approximate surface area is 153 Å². The number of guanidine groups is 1. The third-order valence-corrected chi connectivity index (χ3v) is 5.91. The lowest BCUT2D eigenvalue weighted by atomic mass is 9.99. The quantitative estimate of drug-likeness (QED) is 0.593. The Morgan fingerprint density at radius 1 is 1.08 bits per heavy atom. The second-order valence-electron chi connectivity index (χ2n) is 7.80. The van der Waals surface area contributed by atoms with Crippen molar-refractivity contribution in [3.05, 3.63) is 0 Å². The third kappa shape index (κ3) is 5.56. The predicted octanol–water partition coefficient (Wildman–Crippen LogP) is 1.09. The van der Waals surface area contributed by atoms with E-state index < -0.39 is 0 Å². The zero-order valence-corrected chi connectivity index (χ0v) is 16.3. The second-order valence-corrected chi connectivity index (χ2v) is 7.80. The van der Waals surface area contributed by atoms with Gasteiger partial charge in [0.1, 0.15) is 0 Å². The van der Waals surface area contributed by atoms with Crippen LogP contribution in [-0.4, -0.2) is 98.8 Å². The highest BCUT2D eigenvalue weighted by molar-refractivity contribution is 5.80. The molecule has 1 unspecified atom stereocenters. The van der Waals surface area contributed by atoms with Gasteiger partial charge in [-0.15, -0.1) is 0 Å². The van der Waals surface area contributed by atoms with E-state index >= 15 is 0 Å². The molecule has 3 aliphatic rings. The first-order valence-corrected chi connectivity index (χ1v) is 10.3. The Bertz CT molecular complexity index is 416. The van der Waals surface area contributed by atoms with Crippen LogP contribution >= 0.6 is 0 Å². The molecule has 0 spiro atoms. The molecule has 3 saturated heterocycles. The van der Waals surface area contributed by atoms with Gasteiger partial charge >= 0.3 is 0 Å². The van der Waals surface area contributed by atoms with E-state index in [1.807, 2.05) is 0 Å². The van der Waals surface area contributed by atoms with E-state index in [9.17, 15) is 0 Å². The van der Waals surface area contributed by atoms with Crippen molar-refractivity contribution >= 4 is 5.96 Å². The van der Waals surface area contributed by atoms with Crippen LogP contribution in [-0.2, 0) is 4.74 Å². The molecular formula is C19H37N5O. The van der Waals surface area contributed by atoms with Crippen LogP contribution in [0.2, 0.25) is 0 Å². The van der Waals surface area contributed by atoms with Crippen molar-refractivity contribution in [2.24, 2.45) is 10.9 Å². The van der Waals surface area contributed by atoms with Gasteiger partial charge in [0.2, 0.25) is 0 Å². The van der Waals surface area contributed by atoms with Gasteiger partial charge in [0.05, 0.1) is 19.8 Å². The number of likely N-dealkylation sites (tertiary alicyclic amines) is 2. The van der Waals surface area contributed by atoms with Crippen LogP contribution in [0, 0.1) is 5.92 Å². The van der Waals surface area contributed by atoms with Crippen molar-refractivity contribution in [1.82, 2.24) is 20.0 Å². The molecule has 0 aromatic heterocycles. The van der Waals surface area contributed by atoms with Gasteiger partial charge in [0.15, 0.2) is 5.96 Å². The summed E-state index contributed by atoms with van der Waals surface area (Å²) in [5.41, 5.74) is 0. The average molecular weight is 352 g/mol. The lowest BCUT2D eigenvalue weighted by Gasteiger charge is -2.32. The lowest BCUT2D eigenvalue weighted by Crippen LogP contribution is -2.46. The van der Waals surface area contributed by atoms with E-state index in [2.05, 4.69) is 33.9 Å². The molecule has 3 heterocycles. The fourth-order valence-electron chi connectivity index (χ4n) is 4.18. The van der Waals surface area contributed by atoms with E-state index in [0.29, 0.717) is 6.04 Å². The number of nitrogens with one attached hydrogen (secondary N) is 1. The van der Waals surface area contributed by atoms with Crippen LogP contribution in [0.15, 0.2) is 4.99 Å². The molecule has 0 saturated carbocycles. The second kappa shape index (κ2) is 9.74. The molecular weight excluding hydrogens is 314 g/mol. The van der Waals surface area contributed by atoms with Crippen LogP contribution in [0.4, 0.5) is 0 Å². The van der Waals surface area contributed by atoms with Crippen molar-refractivity contribution in [3.8, 4) is 0 Å². The third-order valence-electron chi connectivity index (χ3n) is 5.91. The normalized spacial score (nSPS) is 27.8. The summed E-state index contributed by atoms with van der Waals surface area (Å²) in [5.74, 6) is 2.02. The van der Waals surface area contributed by atoms with Crippen LogP contribution in [0.5, 0.6) is 0 Å². The molecule has 0 aromatic rings. The summed E-state index contributed by atoms with van der Waals surface area (Å²) >= 11 is 0. The van der Waals surface area contributed by atoms with Crippen molar-refractivity contribution in [3.63, 3.8) is 0 Å². The minimum absolute atomic E-state index is 0.663. The molecule has 144 valence electrons. The van der Waals surface area contributed by atoms with Gasteiger partial charge in [-0.3, -0.25) is 9.89 Å². The Hall–Kier alpha value is -0.850. The summed E-state index contributed by atoms with van der Waals surface area (Å²) in [5, 5.41) is 3.51. The first kappa shape index (κ1) is 18.9. The zero-order chi connectivity index (χ0) is 17.5. The van der Waals surface area contributed by atoms with Gasteiger partial charge in [-0.05, 0) is 45.2 Å². The minimum atomic E-state index is 0.663. The molecule has 0 aliphatic carbocycles. The van der Waals surface area contributed by atoms with Crippen molar-refractivity contribution < 1.29 is 4.74 Å². The predicted molar refractivity (Wildman–Crippen MR) is 103 cm³/mol. The number of aliphatic imine (C=N–C) groups is 1. The Kier molecular flexibility index (Phi) is 7.37. The van der Waals surface area contributed by atoms with Crippen molar-refractivity contribution in [1.29, 1.82) is 0 Å². The van der Waals surface area contributed by atoms with E-state index in [4.69, 9.17) is 9.73 Å². The standard InChI is InChI=1S/C19H37N5O/c1-3-20-19(21-7-11-22-8-4-17(2)5-9-22)24-10-6-18(16-24)23-12-14-25-15-13-23/h17-18H,3-16H2,1-2H3,(H,20,21). The van der Waals surface area contributed by atoms with Gasteiger partial charge in [0, 0.05) is 45.3 Å². The summed E-state index contributed by atoms with van der Waals surface area (Å²) < 4.78 is 5.49. The molecule has 6 heteroatoms. The van der Waals surface area contributed by atoms with Gasteiger partial charge in [-0.2, -0.15) is 0 Å². The molecule has 0 bridgehead atoms. The number of morpholine rings is 1. The first-order valence-electron chi connectivity index (χ1n) is 10.3. The summed E-state index contributed by atoms with van der Waals surface area (Å²) in [6.45, 7) is 16.1. The highest BCUT2D eigenvalue weighted by Gasteiger charge is 2.30. The smallest absolute Gasteiger partial charge is 0.194 e. The maximum absolute atomic E-state index is 5.49. The lowest BCUT2D eigenvalue weighted by molar-refractivity contribution is 0.0195. The number of piperidine rings is 1.